The molecule has 0 aliphatic heterocycles. The second-order valence-corrected chi connectivity index (χ2v) is 4.77. The average Bonchev–Trinajstić information content (AvgIpc) is 2.60. The molecule has 0 radical (unpaired) electrons. The lowest BCUT2D eigenvalue weighted by atomic mass is 10.3. The van der Waals surface area contributed by atoms with Crippen molar-refractivity contribution in [1.29, 1.82) is 0 Å². The molecule has 24 heavy (non-hydrogen) atoms. The zero-order chi connectivity index (χ0) is 17.2. The van der Waals surface area contributed by atoms with Crippen LogP contribution in [-0.4, -0.2) is 31.7 Å². The van der Waals surface area contributed by atoms with E-state index in [1.807, 2.05) is 13.0 Å². The van der Waals surface area contributed by atoms with Gasteiger partial charge < -0.3 is 19.5 Å². The molecular formula is C18H19NO5. The predicted octanol–water partition coefficient (Wildman–Crippen LogP) is 2.65. The number of ether oxygens (including phenoxy) is 3. The number of para-hydroxylation sites is 1. The first-order valence-electron chi connectivity index (χ1n) is 7.53. The van der Waals surface area contributed by atoms with Crippen LogP contribution in [0.25, 0.3) is 0 Å². The molecule has 0 aliphatic rings. The summed E-state index contributed by atoms with van der Waals surface area (Å²) >= 11 is 0. The third-order valence-corrected chi connectivity index (χ3v) is 2.91. The lowest BCUT2D eigenvalue weighted by molar-refractivity contribution is -0.149. The number of esters is 1. The number of benzene rings is 2. The van der Waals surface area contributed by atoms with Crippen LogP contribution in [-0.2, 0) is 14.3 Å². The number of hydrogen-bond acceptors (Lipinski definition) is 5. The Bertz CT molecular complexity index is 655. The van der Waals surface area contributed by atoms with Crippen LogP contribution < -0.4 is 14.8 Å². The fourth-order valence-corrected chi connectivity index (χ4v) is 1.85. The lowest BCUT2D eigenvalue weighted by Crippen LogP contribution is -2.23. The second kappa shape index (κ2) is 9.19. The van der Waals surface area contributed by atoms with Gasteiger partial charge in [-0.3, -0.25) is 4.79 Å². The fourth-order valence-electron chi connectivity index (χ4n) is 1.85. The lowest BCUT2D eigenvalue weighted by Gasteiger charge is -2.08. The van der Waals surface area contributed by atoms with E-state index in [1.165, 1.54) is 0 Å². The normalized spacial score (nSPS) is 9.88. The van der Waals surface area contributed by atoms with Crippen LogP contribution in [0.5, 0.6) is 11.5 Å². The molecule has 0 spiro atoms. The summed E-state index contributed by atoms with van der Waals surface area (Å²) in [5.74, 6) is 0.219. The van der Waals surface area contributed by atoms with Crippen molar-refractivity contribution < 1.29 is 23.8 Å². The Balaban J connectivity index is 1.68. The number of anilines is 1. The Hall–Kier alpha value is -3.02. The molecule has 2 aromatic carbocycles. The predicted molar refractivity (Wildman–Crippen MR) is 89.1 cm³/mol. The fraction of sp³-hybridized carbons (Fsp3) is 0.222. The Morgan fingerprint density at radius 1 is 0.875 bits per heavy atom. The molecule has 0 unspecified atom stereocenters. The molecule has 6 heteroatoms. The summed E-state index contributed by atoms with van der Waals surface area (Å²) in [6.07, 6.45) is 0. The maximum absolute atomic E-state index is 11.6. The van der Waals surface area contributed by atoms with Gasteiger partial charge >= 0.3 is 5.97 Å². The van der Waals surface area contributed by atoms with Crippen molar-refractivity contribution >= 4 is 17.6 Å². The first-order chi connectivity index (χ1) is 11.7. The van der Waals surface area contributed by atoms with Crippen LogP contribution in [0.3, 0.4) is 0 Å². The van der Waals surface area contributed by atoms with Crippen LogP contribution >= 0.6 is 0 Å². The highest BCUT2D eigenvalue weighted by atomic mass is 16.6. The first-order valence-corrected chi connectivity index (χ1v) is 7.53. The number of hydrogen-bond donors (Lipinski definition) is 1. The highest BCUT2D eigenvalue weighted by Crippen LogP contribution is 2.17. The standard InChI is InChI=1S/C18H19NO5/c1-2-22-15-8-10-16(11-9-15)23-13-18(21)24-12-17(20)19-14-6-4-3-5-7-14/h3-11H,2,12-13H2,1H3,(H,19,20). The molecule has 0 aliphatic carbocycles. The average molecular weight is 329 g/mol. The zero-order valence-electron chi connectivity index (χ0n) is 13.4. The van der Waals surface area contributed by atoms with Gasteiger partial charge in [-0.25, -0.2) is 4.79 Å². The third-order valence-electron chi connectivity index (χ3n) is 2.91. The SMILES string of the molecule is CCOc1ccc(OCC(=O)OCC(=O)Nc2ccccc2)cc1. The zero-order valence-corrected chi connectivity index (χ0v) is 13.4. The van der Waals surface area contributed by atoms with Crippen molar-refractivity contribution in [3.8, 4) is 11.5 Å². The first kappa shape index (κ1) is 17.3. The third kappa shape index (κ3) is 6.00. The molecule has 0 fully saturated rings. The van der Waals surface area contributed by atoms with Gasteiger partial charge in [-0.15, -0.1) is 0 Å². The molecule has 0 aromatic heterocycles. The molecular weight excluding hydrogens is 310 g/mol. The highest BCUT2D eigenvalue weighted by Gasteiger charge is 2.09. The van der Waals surface area contributed by atoms with Gasteiger partial charge in [0.25, 0.3) is 5.91 Å². The van der Waals surface area contributed by atoms with Crippen molar-refractivity contribution in [1.82, 2.24) is 0 Å². The minimum absolute atomic E-state index is 0.271. The van der Waals surface area contributed by atoms with Crippen molar-refractivity contribution in [2.75, 3.05) is 25.1 Å². The Labute approximate surface area is 140 Å². The maximum Gasteiger partial charge on any atom is 0.344 e. The van der Waals surface area contributed by atoms with Crippen molar-refractivity contribution in [2.45, 2.75) is 6.92 Å². The monoisotopic (exact) mass is 329 g/mol. The van der Waals surface area contributed by atoms with E-state index in [0.29, 0.717) is 18.0 Å². The molecule has 0 saturated carbocycles. The van der Waals surface area contributed by atoms with Gasteiger partial charge in [-0.2, -0.15) is 0 Å². The molecule has 0 bridgehead atoms. The summed E-state index contributed by atoms with van der Waals surface area (Å²) in [5, 5.41) is 2.62. The summed E-state index contributed by atoms with van der Waals surface area (Å²) in [4.78, 5) is 23.2. The van der Waals surface area contributed by atoms with Gasteiger partial charge in [0.1, 0.15) is 11.5 Å². The van der Waals surface area contributed by atoms with Crippen LogP contribution in [0.1, 0.15) is 6.92 Å². The van der Waals surface area contributed by atoms with E-state index in [1.54, 1.807) is 48.5 Å². The largest absolute Gasteiger partial charge is 0.494 e. The smallest absolute Gasteiger partial charge is 0.344 e. The van der Waals surface area contributed by atoms with E-state index in [-0.39, 0.29) is 13.2 Å². The maximum atomic E-state index is 11.6. The number of carbonyl (C=O) groups is 2. The highest BCUT2D eigenvalue weighted by molar-refractivity contribution is 5.92. The summed E-state index contributed by atoms with van der Waals surface area (Å²) in [7, 11) is 0. The van der Waals surface area contributed by atoms with E-state index >= 15 is 0 Å². The van der Waals surface area contributed by atoms with Gasteiger partial charge in [0.2, 0.25) is 0 Å². The van der Waals surface area contributed by atoms with Gasteiger partial charge in [0, 0.05) is 5.69 Å². The van der Waals surface area contributed by atoms with Crippen molar-refractivity contribution in [3.63, 3.8) is 0 Å². The van der Waals surface area contributed by atoms with Gasteiger partial charge in [0.15, 0.2) is 13.2 Å². The number of amides is 1. The molecule has 2 aromatic rings. The van der Waals surface area contributed by atoms with Crippen LogP contribution in [0.4, 0.5) is 5.69 Å². The molecule has 6 nitrogen and oxygen atoms in total. The molecule has 0 atom stereocenters. The Morgan fingerprint density at radius 2 is 1.50 bits per heavy atom. The molecule has 1 N–H and O–H groups in total. The summed E-state index contributed by atoms with van der Waals surface area (Å²) in [5.41, 5.74) is 0.643. The summed E-state index contributed by atoms with van der Waals surface area (Å²) in [6, 6.07) is 15.8. The van der Waals surface area contributed by atoms with Crippen LogP contribution in [0.2, 0.25) is 0 Å². The van der Waals surface area contributed by atoms with E-state index in [4.69, 9.17) is 14.2 Å². The van der Waals surface area contributed by atoms with E-state index < -0.39 is 11.9 Å². The van der Waals surface area contributed by atoms with E-state index in [2.05, 4.69) is 5.32 Å². The second-order valence-electron chi connectivity index (χ2n) is 4.77. The number of carbonyl (C=O) groups excluding carboxylic acids is 2. The number of rotatable bonds is 8. The summed E-state index contributed by atoms with van der Waals surface area (Å²) in [6.45, 7) is 1.85. The van der Waals surface area contributed by atoms with Gasteiger partial charge in [-0.05, 0) is 43.3 Å². The Kier molecular flexibility index (Phi) is 6.64. The van der Waals surface area contributed by atoms with Crippen LogP contribution in [0, 0.1) is 0 Å². The van der Waals surface area contributed by atoms with Crippen molar-refractivity contribution in [2.24, 2.45) is 0 Å². The number of nitrogens with one attached hydrogen (secondary N) is 1. The van der Waals surface area contributed by atoms with E-state index in [9.17, 15) is 9.59 Å². The van der Waals surface area contributed by atoms with Crippen molar-refractivity contribution in [3.05, 3.63) is 54.6 Å². The van der Waals surface area contributed by atoms with Gasteiger partial charge in [0.05, 0.1) is 6.61 Å². The summed E-state index contributed by atoms with van der Waals surface area (Å²) < 4.78 is 15.5. The Morgan fingerprint density at radius 3 is 2.12 bits per heavy atom. The van der Waals surface area contributed by atoms with Crippen LogP contribution in [0.15, 0.2) is 54.6 Å². The molecule has 0 saturated heterocycles. The minimum atomic E-state index is -0.618. The van der Waals surface area contributed by atoms with Gasteiger partial charge in [-0.1, -0.05) is 18.2 Å². The molecule has 1 amide bonds. The van der Waals surface area contributed by atoms with E-state index in [0.717, 1.165) is 5.75 Å². The molecule has 2 rings (SSSR count). The molecule has 0 heterocycles. The quantitative estimate of drug-likeness (QED) is 0.754. The molecule has 126 valence electrons. The topological polar surface area (TPSA) is 73.9 Å². The minimum Gasteiger partial charge on any atom is -0.494 e.